The largest absolute Gasteiger partial charge is 0.294 e. The van der Waals surface area contributed by atoms with Gasteiger partial charge in [-0.25, -0.2) is 0 Å². The third-order valence-electron chi connectivity index (χ3n) is 6.20. The van der Waals surface area contributed by atoms with Crippen molar-refractivity contribution in [3.63, 3.8) is 0 Å². The van der Waals surface area contributed by atoms with Crippen LogP contribution in [0.5, 0.6) is 0 Å². The van der Waals surface area contributed by atoms with Crippen molar-refractivity contribution in [2.75, 3.05) is 0 Å². The molecule has 0 amide bonds. The molecule has 1 nitrogen and oxygen atoms in total. The molecule has 1 aliphatic carbocycles. The zero-order chi connectivity index (χ0) is 17.6. The summed E-state index contributed by atoms with van der Waals surface area (Å²) in [5.74, 6) is 0.118. The summed E-state index contributed by atoms with van der Waals surface area (Å²) in [4.78, 5) is 13.1. The van der Waals surface area contributed by atoms with Crippen molar-refractivity contribution in [3.05, 3.63) is 58.2 Å². The van der Waals surface area contributed by atoms with Gasteiger partial charge in [-0.2, -0.15) is 0 Å². The molecule has 2 rings (SSSR count). The van der Waals surface area contributed by atoms with Crippen LogP contribution in [0.4, 0.5) is 0 Å². The number of carbonyl (C=O) groups excluding carboxylic acids is 1. The lowest BCUT2D eigenvalue weighted by Gasteiger charge is -2.45. The van der Waals surface area contributed by atoms with Crippen LogP contribution in [-0.2, 0) is 0 Å². The normalized spacial score (nSPS) is 23.5. The maximum absolute atomic E-state index is 13.1. The average Bonchev–Trinajstić information content (AvgIpc) is 2.68. The first-order valence-corrected chi connectivity index (χ1v) is 8.52. The molecule has 2 atom stereocenters. The lowest BCUT2D eigenvalue weighted by molar-refractivity contribution is 0.0919. The fourth-order valence-corrected chi connectivity index (χ4v) is 4.14. The van der Waals surface area contributed by atoms with E-state index in [0.29, 0.717) is 0 Å². The highest BCUT2D eigenvalue weighted by atomic mass is 16.1. The molecule has 2 unspecified atom stereocenters. The Morgan fingerprint density at radius 1 is 1.00 bits per heavy atom. The number of carbonyl (C=O) groups is 1. The molecule has 1 aliphatic rings. The van der Waals surface area contributed by atoms with Crippen LogP contribution in [0.2, 0.25) is 0 Å². The smallest absolute Gasteiger partial charge is 0.169 e. The van der Waals surface area contributed by atoms with Gasteiger partial charge in [0.05, 0.1) is 0 Å². The topological polar surface area (TPSA) is 17.1 Å². The summed E-state index contributed by atoms with van der Waals surface area (Å²) in [5, 5.41) is 0. The summed E-state index contributed by atoms with van der Waals surface area (Å²) in [6.45, 7) is 17.8. The summed E-state index contributed by atoms with van der Waals surface area (Å²) in [7, 11) is 0. The van der Waals surface area contributed by atoms with E-state index in [-0.39, 0.29) is 22.5 Å². The number of Topliss-reactive ketones (excluding diaryl/α,β-unsaturated/α-hetero) is 1. The van der Waals surface area contributed by atoms with E-state index in [0.717, 1.165) is 5.56 Å². The number of hydrogen-bond donors (Lipinski definition) is 0. The van der Waals surface area contributed by atoms with Gasteiger partial charge in [0.25, 0.3) is 0 Å². The van der Waals surface area contributed by atoms with E-state index in [4.69, 9.17) is 0 Å². The first-order chi connectivity index (χ1) is 10.5. The summed E-state index contributed by atoms with van der Waals surface area (Å²) in [6.07, 6.45) is 0. The predicted molar refractivity (Wildman–Crippen MR) is 98.6 cm³/mol. The molecular formula is C22H30O. The first-order valence-electron chi connectivity index (χ1n) is 8.52. The molecule has 1 aromatic rings. The van der Waals surface area contributed by atoms with Gasteiger partial charge in [-0.3, -0.25) is 4.79 Å². The van der Waals surface area contributed by atoms with E-state index in [1.54, 1.807) is 0 Å². The highest BCUT2D eigenvalue weighted by molar-refractivity contribution is 5.99. The summed E-state index contributed by atoms with van der Waals surface area (Å²) in [6, 6.07) is 9.67. The van der Waals surface area contributed by atoms with E-state index in [1.807, 2.05) is 30.3 Å². The Bertz CT molecular complexity index is 682. The van der Waals surface area contributed by atoms with Gasteiger partial charge in [0.15, 0.2) is 5.78 Å². The van der Waals surface area contributed by atoms with Gasteiger partial charge >= 0.3 is 0 Å². The SMILES string of the molecule is CC1=C(C)C(C)(C(C)(C)C)C(C(C)C(=O)c2ccccc2)=C1C. The summed E-state index contributed by atoms with van der Waals surface area (Å²) < 4.78 is 0. The molecule has 0 radical (unpaired) electrons. The minimum absolute atomic E-state index is 0.0661. The standard InChI is InChI=1S/C22H30O/c1-14-15(2)19(22(8,17(14)4)21(5,6)7)16(3)20(23)18-12-10-9-11-13-18/h9-13,16H,1-8H3. The Labute approximate surface area is 141 Å². The molecule has 0 N–H and O–H groups in total. The molecule has 0 saturated heterocycles. The van der Waals surface area contributed by atoms with Gasteiger partial charge in [-0.15, -0.1) is 0 Å². The number of rotatable bonds is 3. The third kappa shape index (κ3) is 2.60. The maximum atomic E-state index is 13.1. The van der Waals surface area contributed by atoms with Crippen molar-refractivity contribution < 1.29 is 4.79 Å². The predicted octanol–water partition coefficient (Wildman–Crippen LogP) is 6.22. The Morgan fingerprint density at radius 2 is 1.52 bits per heavy atom. The molecule has 0 bridgehead atoms. The monoisotopic (exact) mass is 310 g/mol. The lowest BCUT2D eigenvalue weighted by atomic mass is 9.58. The van der Waals surface area contributed by atoms with Crippen molar-refractivity contribution in [3.8, 4) is 0 Å². The minimum atomic E-state index is -0.103. The van der Waals surface area contributed by atoms with Gasteiger partial charge in [-0.05, 0) is 42.9 Å². The van der Waals surface area contributed by atoms with Crippen molar-refractivity contribution in [1.29, 1.82) is 0 Å². The van der Waals surface area contributed by atoms with Crippen LogP contribution in [-0.4, -0.2) is 5.78 Å². The maximum Gasteiger partial charge on any atom is 0.169 e. The number of benzene rings is 1. The molecule has 0 spiro atoms. The second-order valence-corrected chi connectivity index (χ2v) is 8.12. The van der Waals surface area contributed by atoms with Crippen LogP contribution < -0.4 is 0 Å². The van der Waals surface area contributed by atoms with Crippen LogP contribution in [0.3, 0.4) is 0 Å². The van der Waals surface area contributed by atoms with E-state index in [9.17, 15) is 4.79 Å². The van der Waals surface area contributed by atoms with E-state index < -0.39 is 0 Å². The number of hydrogen-bond acceptors (Lipinski definition) is 1. The molecule has 1 aromatic carbocycles. The molecule has 0 heterocycles. The Hall–Kier alpha value is -1.63. The molecular weight excluding hydrogens is 280 g/mol. The van der Waals surface area contributed by atoms with Crippen molar-refractivity contribution in [2.45, 2.75) is 55.4 Å². The molecule has 0 fully saturated rings. The molecule has 1 heteroatoms. The summed E-state index contributed by atoms with van der Waals surface area (Å²) >= 11 is 0. The second-order valence-electron chi connectivity index (χ2n) is 8.12. The highest BCUT2D eigenvalue weighted by Crippen LogP contribution is 2.58. The van der Waals surface area contributed by atoms with Crippen LogP contribution in [0, 0.1) is 16.7 Å². The van der Waals surface area contributed by atoms with E-state index >= 15 is 0 Å². The van der Waals surface area contributed by atoms with Gasteiger partial charge in [0.2, 0.25) is 0 Å². The van der Waals surface area contributed by atoms with Crippen LogP contribution >= 0.6 is 0 Å². The molecule has 23 heavy (non-hydrogen) atoms. The number of allylic oxidation sites excluding steroid dienone is 4. The molecule has 0 saturated carbocycles. The Kier molecular flexibility index (Phi) is 4.45. The second kappa shape index (κ2) is 5.78. The average molecular weight is 310 g/mol. The van der Waals surface area contributed by atoms with Gasteiger partial charge < -0.3 is 0 Å². The van der Waals surface area contributed by atoms with Crippen molar-refractivity contribution in [1.82, 2.24) is 0 Å². The highest BCUT2D eigenvalue weighted by Gasteiger charge is 2.49. The Morgan fingerprint density at radius 3 is 2.00 bits per heavy atom. The van der Waals surface area contributed by atoms with Crippen molar-refractivity contribution >= 4 is 5.78 Å². The van der Waals surface area contributed by atoms with E-state index in [1.165, 1.54) is 22.3 Å². The van der Waals surface area contributed by atoms with E-state index in [2.05, 4.69) is 55.4 Å². The Balaban J connectivity index is 2.55. The van der Waals surface area contributed by atoms with Crippen molar-refractivity contribution in [2.24, 2.45) is 16.7 Å². The van der Waals surface area contributed by atoms with Crippen LogP contribution in [0.15, 0.2) is 52.6 Å². The van der Waals surface area contributed by atoms with Gasteiger partial charge in [0, 0.05) is 16.9 Å². The minimum Gasteiger partial charge on any atom is -0.294 e. The summed E-state index contributed by atoms with van der Waals surface area (Å²) in [5.41, 5.74) is 6.15. The fraction of sp³-hybridized carbons (Fsp3) is 0.500. The first kappa shape index (κ1) is 17.7. The van der Waals surface area contributed by atoms with Crippen LogP contribution in [0.1, 0.15) is 65.7 Å². The lowest BCUT2D eigenvalue weighted by Crippen LogP contribution is -2.38. The number of ketones is 1. The third-order valence-corrected chi connectivity index (χ3v) is 6.20. The quantitative estimate of drug-likeness (QED) is 0.605. The fourth-order valence-electron chi connectivity index (χ4n) is 4.14. The van der Waals surface area contributed by atoms with Gasteiger partial charge in [0.1, 0.15) is 0 Å². The molecule has 124 valence electrons. The zero-order valence-corrected chi connectivity index (χ0v) is 15.9. The van der Waals surface area contributed by atoms with Gasteiger partial charge in [-0.1, -0.05) is 70.5 Å². The van der Waals surface area contributed by atoms with Crippen LogP contribution in [0.25, 0.3) is 0 Å². The molecule has 0 aliphatic heterocycles. The molecule has 0 aromatic heterocycles. The zero-order valence-electron chi connectivity index (χ0n) is 15.9.